The number of nitrogens with one attached hydrogen (secondary N) is 1. The maximum atomic E-state index is 10.2. The zero-order valence-corrected chi connectivity index (χ0v) is 4.27. The number of amides is 1. The molecule has 0 bridgehead atoms. The van der Waals surface area contributed by atoms with E-state index in [1.165, 1.54) is 6.08 Å². The van der Waals surface area contributed by atoms with Crippen molar-refractivity contribution in [3.05, 3.63) is 19.2 Å². The predicted molar refractivity (Wildman–Crippen MR) is 28.3 cm³/mol. The Balaban J connectivity index is 3.17. The van der Waals surface area contributed by atoms with Gasteiger partial charge in [0, 0.05) is 6.54 Å². The highest BCUT2D eigenvalue weighted by molar-refractivity contribution is 5.87. The van der Waals surface area contributed by atoms with E-state index < -0.39 is 0 Å². The number of carbonyl (C=O) groups is 1. The number of carbonyl (C=O) groups excluding carboxylic acids is 1. The summed E-state index contributed by atoms with van der Waals surface area (Å²) in [6.07, 6.45) is 1.22. The first kappa shape index (κ1) is 6.21. The van der Waals surface area contributed by atoms with Crippen LogP contribution in [-0.4, -0.2) is 5.91 Å². The normalized spacial score (nSPS) is 7.57. The standard InChI is InChI=1S/C5H8NO/c1-3-5(7)6-4-2/h3-4H,1H2,2H3,(H,6,7). The molecule has 39 valence electrons. The second-order valence-electron chi connectivity index (χ2n) is 1.00. The van der Waals surface area contributed by atoms with Gasteiger partial charge in [0.25, 0.3) is 0 Å². The van der Waals surface area contributed by atoms with Gasteiger partial charge in [-0.3, -0.25) is 4.79 Å². The van der Waals surface area contributed by atoms with Gasteiger partial charge in [0.2, 0.25) is 5.91 Å². The first-order valence-electron chi connectivity index (χ1n) is 2.02. The van der Waals surface area contributed by atoms with E-state index in [2.05, 4.69) is 11.9 Å². The molecule has 1 radical (unpaired) electrons. The van der Waals surface area contributed by atoms with E-state index in [1.807, 2.05) is 0 Å². The Morgan fingerprint density at radius 1 is 1.86 bits per heavy atom. The Morgan fingerprint density at radius 2 is 2.43 bits per heavy atom. The fourth-order valence-electron chi connectivity index (χ4n) is 0.201. The number of hydrogen-bond donors (Lipinski definition) is 1. The molecule has 0 spiro atoms. The lowest BCUT2D eigenvalue weighted by molar-refractivity contribution is -0.115. The highest BCUT2D eigenvalue weighted by Crippen LogP contribution is 1.66. The van der Waals surface area contributed by atoms with Crippen LogP contribution in [0.15, 0.2) is 12.7 Å². The van der Waals surface area contributed by atoms with Crippen LogP contribution in [0.2, 0.25) is 0 Å². The van der Waals surface area contributed by atoms with Crippen LogP contribution >= 0.6 is 0 Å². The molecule has 2 nitrogen and oxygen atoms in total. The van der Waals surface area contributed by atoms with Crippen molar-refractivity contribution in [1.29, 1.82) is 0 Å². The lowest BCUT2D eigenvalue weighted by Gasteiger charge is -1.89. The third kappa shape index (κ3) is 3.03. The lowest BCUT2D eigenvalue weighted by Crippen LogP contribution is -2.15. The predicted octanol–water partition coefficient (Wildman–Crippen LogP) is 0.470. The Morgan fingerprint density at radius 3 is 2.57 bits per heavy atom. The maximum absolute atomic E-state index is 10.2. The third-order valence-corrected chi connectivity index (χ3v) is 0.472. The van der Waals surface area contributed by atoms with Crippen LogP contribution in [0.5, 0.6) is 0 Å². The van der Waals surface area contributed by atoms with Crippen molar-refractivity contribution in [2.45, 2.75) is 6.92 Å². The summed E-state index contributed by atoms with van der Waals surface area (Å²) in [6, 6.07) is 0. The van der Waals surface area contributed by atoms with Crippen LogP contribution in [0.3, 0.4) is 0 Å². The Bertz CT molecular complexity index is 78.1. The molecular formula is C5H8NO. The molecule has 0 unspecified atom stereocenters. The SMILES string of the molecule is C=CC(=O)N[CH]C. The average Bonchev–Trinajstić information content (AvgIpc) is 1.68. The molecule has 0 aromatic heterocycles. The van der Waals surface area contributed by atoms with E-state index in [4.69, 9.17) is 0 Å². The van der Waals surface area contributed by atoms with Crippen molar-refractivity contribution in [2.24, 2.45) is 0 Å². The summed E-state index contributed by atoms with van der Waals surface area (Å²) in [4.78, 5) is 10.2. The molecule has 1 N–H and O–H groups in total. The van der Waals surface area contributed by atoms with Crippen LogP contribution in [-0.2, 0) is 4.79 Å². The van der Waals surface area contributed by atoms with Gasteiger partial charge in [0.05, 0.1) is 0 Å². The Hall–Kier alpha value is -0.790. The van der Waals surface area contributed by atoms with Crippen LogP contribution in [0.4, 0.5) is 0 Å². The average molecular weight is 98.1 g/mol. The van der Waals surface area contributed by atoms with Gasteiger partial charge >= 0.3 is 0 Å². The summed E-state index contributed by atoms with van der Waals surface area (Å²) in [5.41, 5.74) is 0. The van der Waals surface area contributed by atoms with Crippen LogP contribution in [0.25, 0.3) is 0 Å². The molecule has 0 heterocycles. The molecular weight excluding hydrogens is 90.1 g/mol. The van der Waals surface area contributed by atoms with Gasteiger partial charge in [-0.05, 0) is 13.0 Å². The maximum Gasteiger partial charge on any atom is 0.243 e. The highest BCUT2D eigenvalue weighted by atomic mass is 16.1. The number of rotatable bonds is 2. The second-order valence-corrected chi connectivity index (χ2v) is 1.00. The molecule has 0 atom stereocenters. The zero-order valence-electron chi connectivity index (χ0n) is 4.27. The first-order valence-corrected chi connectivity index (χ1v) is 2.02. The van der Waals surface area contributed by atoms with Crippen molar-refractivity contribution in [3.8, 4) is 0 Å². The van der Waals surface area contributed by atoms with Gasteiger partial charge < -0.3 is 5.32 Å². The molecule has 7 heavy (non-hydrogen) atoms. The molecule has 0 aromatic rings. The third-order valence-electron chi connectivity index (χ3n) is 0.472. The molecule has 0 saturated carbocycles. The van der Waals surface area contributed by atoms with E-state index in [0.29, 0.717) is 0 Å². The largest absolute Gasteiger partial charge is 0.348 e. The first-order chi connectivity index (χ1) is 3.31. The second kappa shape index (κ2) is 3.40. The van der Waals surface area contributed by atoms with Gasteiger partial charge in [-0.15, -0.1) is 0 Å². The van der Waals surface area contributed by atoms with Gasteiger partial charge in [-0.25, -0.2) is 0 Å². The van der Waals surface area contributed by atoms with Crippen LogP contribution in [0.1, 0.15) is 6.92 Å². The summed E-state index contributed by atoms with van der Waals surface area (Å²) in [5.74, 6) is -0.164. The summed E-state index contributed by atoms with van der Waals surface area (Å²) in [5, 5.41) is 2.41. The summed E-state index contributed by atoms with van der Waals surface area (Å²) in [7, 11) is 0. The summed E-state index contributed by atoms with van der Waals surface area (Å²) >= 11 is 0. The van der Waals surface area contributed by atoms with E-state index in [-0.39, 0.29) is 5.91 Å². The van der Waals surface area contributed by atoms with Crippen molar-refractivity contribution in [1.82, 2.24) is 5.32 Å². The van der Waals surface area contributed by atoms with Crippen molar-refractivity contribution in [2.75, 3.05) is 0 Å². The topological polar surface area (TPSA) is 29.1 Å². The van der Waals surface area contributed by atoms with Gasteiger partial charge in [0.15, 0.2) is 0 Å². The van der Waals surface area contributed by atoms with E-state index in [1.54, 1.807) is 13.5 Å². The fraction of sp³-hybridized carbons (Fsp3) is 0.200. The zero-order chi connectivity index (χ0) is 5.70. The number of hydrogen-bond acceptors (Lipinski definition) is 1. The van der Waals surface area contributed by atoms with Crippen molar-refractivity contribution < 1.29 is 4.79 Å². The summed E-state index contributed by atoms with van der Waals surface area (Å²) < 4.78 is 0. The molecule has 0 rings (SSSR count). The summed E-state index contributed by atoms with van der Waals surface area (Å²) in [6.45, 7) is 6.54. The van der Waals surface area contributed by atoms with E-state index in [0.717, 1.165) is 0 Å². The molecule has 0 aromatic carbocycles. The molecule has 0 fully saturated rings. The minimum Gasteiger partial charge on any atom is -0.348 e. The van der Waals surface area contributed by atoms with Crippen molar-refractivity contribution >= 4 is 5.91 Å². The van der Waals surface area contributed by atoms with Crippen LogP contribution < -0.4 is 5.32 Å². The Kier molecular flexibility index (Phi) is 3.02. The molecule has 0 aliphatic heterocycles. The van der Waals surface area contributed by atoms with Crippen LogP contribution in [0, 0.1) is 6.54 Å². The molecule has 0 aliphatic carbocycles. The monoisotopic (exact) mass is 98.1 g/mol. The molecule has 1 amide bonds. The minimum atomic E-state index is -0.164. The van der Waals surface area contributed by atoms with Gasteiger partial charge in [-0.2, -0.15) is 0 Å². The van der Waals surface area contributed by atoms with Gasteiger partial charge in [-0.1, -0.05) is 6.58 Å². The van der Waals surface area contributed by atoms with E-state index >= 15 is 0 Å². The Labute approximate surface area is 43.2 Å². The van der Waals surface area contributed by atoms with Crippen molar-refractivity contribution in [3.63, 3.8) is 0 Å². The smallest absolute Gasteiger partial charge is 0.243 e. The highest BCUT2D eigenvalue weighted by Gasteiger charge is 1.84. The quantitative estimate of drug-likeness (QED) is 0.500. The molecule has 0 saturated heterocycles. The van der Waals surface area contributed by atoms with E-state index in [9.17, 15) is 4.79 Å². The molecule has 0 aliphatic rings. The lowest BCUT2D eigenvalue weighted by atomic mass is 10.6. The molecule has 2 heteroatoms. The fourth-order valence-corrected chi connectivity index (χ4v) is 0.201. The minimum absolute atomic E-state index is 0.164. The van der Waals surface area contributed by atoms with Gasteiger partial charge in [0.1, 0.15) is 0 Å².